The van der Waals surface area contributed by atoms with Crippen molar-refractivity contribution in [2.75, 3.05) is 11.6 Å². The number of carbonyl (C=O) groups is 1. The van der Waals surface area contributed by atoms with Crippen molar-refractivity contribution in [2.24, 2.45) is 0 Å². The number of benzene rings is 2. The fourth-order valence-electron chi connectivity index (χ4n) is 2.13. The second-order valence-corrected chi connectivity index (χ2v) is 6.11. The third-order valence-electron chi connectivity index (χ3n) is 3.32. The van der Waals surface area contributed by atoms with Crippen molar-refractivity contribution in [1.29, 1.82) is 0 Å². The predicted octanol–water partition coefficient (Wildman–Crippen LogP) is 5.57. The maximum Gasteiger partial charge on any atom is 0.291 e. The molecule has 0 fully saturated rings. The van der Waals surface area contributed by atoms with Gasteiger partial charge in [-0.15, -0.1) is 11.8 Å². The standard InChI is InChI=1S/C18H14ClNO2S/c1-23-13-8-6-12(7-9-13)20-18(21)17-11-10-16(22-17)14-4-2-3-5-15(14)19/h2-11H,1H3,(H,20,21). The number of nitrogens with one attached hydrogen (secondary N) is 1. The summed E-state index contributed by atoms with van der Waals surface area (Å²) in [6.07, 6.45) is 2.01. The van der Waals surface area contributed by atoms with Crippen LogP contribution in [-0.4, -0.2) is 12.2 Å². The van der Waals surface area contributed by atoms with Gasteiger partial charge in [0.15, 0.2) is 5.76 Å². The Morgan fingerprint density at radius 3 is 2.48 bits per heavy atom. The van der Waals surface area contributed by atoms with Crippen molar-refractivity contribution in [1.82, 2.24) is 0 Å². The average Bonchev–Trinajstić information content (AvgIpc) is 3.06. The largest absolute Gasteiger partial charge is 0.451 e. The monoisotopic (exact) mass is 343 g/mol. The molecule has 1 N–H and O–H groups in total. The van der Waals surface area contributed by atoms with Gasteiger partial charge in [-0.05, 0) is 54.8 Å². The van der Waals surface area contributed by atoms with Crippen LogP contribution in [0.25, 0.3) is 11.3 Å². The van der Waals surface area contributed by atoms with Crippen LogP contribution >= 0.6 is 23.4 Å². The van der Waals surface area contributed by atoms with Gasteiger partial charge in [0.25, 0.3) is 5.91 Å². The van der Waals surface area contributed by atoms with Crippen LogP contribution in [0, 0.1) is 0 Å². The molecule has 1 heterocycles. The van der Waals surface area contributed by atoms with Gasteiger partial charge >= 0.3 is 0 Å². The average molecular weight is 344 g/mol. The van der Waals surface area contributed by atoms with Crippen LogP contribution in [0.4, 0.5) is 5.69 Å². The van der Waals surface area contributed by atoms with E-state index < -0.39 is 0 Å². The van der Waals surface area contributed by atoms with Gasteiger partial charge in [0.2, 0.25) is 0 Å². The lowest BCUT2D eigenvalue weighted by molar-refractivity contribution is 0.0997. The first-order chi connectivity index (χ1) is 11.2. The highest BCUT2D eigenvalue weighted by Crippen LogP contribution is 2.29. The molecule has 0 atom stereocenters. The van der Waals surface area contributed by atoms with Crippen molar-refractivity contribution in [3.05, 3.63) is 71.4 Å². The molecule has 0 saturated heterocycles. The summed E-state index contributed by atoms with van der Waals surface area (Å²) >= 11 is 7.79. The maximum atomic E-state index is 12.3. The zero-order valence-electron chi connectivity index (χ0n) is 12.4. The molecule has 0 aliphatic carbocycles. The third-order valence-corrected chi connectivity index (χ3v) is 4.39. The van der Waals surface area contributed by atoms with Gasteiger partial charge in [-0.1, -0.05) is 23.7 Å². The molecule has 5 heteroatoms. The van der Waals surface area contributed by atoms with Crippen molar-refractivity contribution in [3.63, 3.8) is 0 Å². The van der Waals surface area contributed by atoms with Crippen LogP contribution in [0.5, 0.6) is 0 Å². The number of hydrogen-bond donors (Lipinski definition) is 1. The zero-order valence-corrected chi connectivity index (χ0v) is 13.9. The highest BCUT2D eigenvalue weighted by Gasteiger charge is 2.14. The minimum Gasteiger partial charge on any atom is -0.451 e. The maximum absolute atomic E-state index is 12.3. The Labute approximate surface area is 143 Å². The summed E-state index contributed by atoms with van der Waals surface area (Å²) in [5.41, 5.74) is 1.49. The number of rotatable bonds is 4. The van der Waals surface area contributed by atoms with E-state index in [9.17, 15) is 4.79 Å². The van der Waals surface area contributed by atoms with Gasteiger partial charge in [0, 0.05) is 16.1 Å². The third kappa shape index (κ3) is 3.60. The molecular weight excluding hydrogens is 330 g/mol. The quantitative estimate of drug-likeness (QED) is 0.629. The molecule has 0 saturated carbocycles. The molecule has 1 aromatic heterocycles. The predicted molar refractivity (Wildman–Crippen MR) is 95.3 cm³/mol. The number of amides is 1. The zero-order chi connectivity index (χ0) is 16.2. The second-order valence-electron chi connectivity index (χ2n) is 4.83. The molecule has 0 radical (unpaired) electrons. The summed E-state index contributed by atoms with van der Waals surface area (Å²) < 4.78 is 5.63. The number of carbonyl (C=O) groups excluding carboxylic acids is 1. The minimum absolute atomic E-state index is 0.244. The molecule has 0 unspecified atom stereocenters. The van der Waals surface area contributed by atoms with E-state index in [4.69, 9.17) is 16.0 Å². The van der Waals surface area contributed by atoms with E-state index in [1.807, 2.05) is 48.7 Å². The Morgan fingerprint density at radius 2 is 1.78 bits per heavy atom. The normalized spacial score (nSPS) is 10.5. The molecule has 23 heavy (non-hydrogen) atoms. The van der Waals surface area contributed by atoms with E-state index in [0.29, 0.717) is 10.8 Å². The van der Waals surface area contributed by atoms with E-state index in [0.717, 1.165) is 16.1 Å². The first kappa shape index (κ1) is 15.7. The van der Waals surface area contributed by atoms with Crippen LogP contribution in [0.3, 0.4) is 0 Å². The second kappa shape index (κ2) is 6.94. The summed E-state index contributed by atoms with van der Waals surface area (Å²) in [4.78, 5) is 13.4. The van der Waals surface area contributed by atoms with Gasteiger partial charge in [-0.25, -0.2) is 0 Å². The molecule has 0 spiro atoms. The van der Waals surface area contributed by atoms with Gasteiger partial charge in [0.1, 0.15) is 5.76 Å². The Kier molecular flexibility index (Phi) is 4.74. The van der Waals surface area contributed by atoms with E-state index in [1.165, 1.54) is 0 Å². The summed E-state index contributed by atoms with van der Waals surface area (Å²) in [6.45, 7) is 0. The lowest BCUT2D eigenvalue weighted by atomic mass is 10.2. The molecule has 2 aromatic carbocycles. The van der Waals surface area contributed by atoms with Gasteiger partial charge in [0.05, 0.1) is 5.02 Å². The fraction of sp³-hybridized carbons (Fsp3) is 0.0556. The van der Waals surface area contributed by atoms with Crippen molar-refractivity contribution < 1.29 is 9.21 Å². The number of halogens is 1. The highest BCUT2D eigenvalue weighted by atomic mass is 35.5. The molecular formula is C18H14ClNO2S. The van der Waals surface area contributed by atoms with Crippen LogP contribution in [0.1, 0.15) is 10.6 Å². The van der Waals surface area contributed by atoms with Crippen molar-refractivity contribution >= 4 is 35.0 Å². The van der Waals surface area contributed by atoms with Gasteiger partial charge in [-0.2, -0.15) is 0 Å². The fourth-order valence-corrected chi connectivity index (χ4v) is 2.77. The Bertz CT molecular complexity index is 827. The Balaban J connectivity index is 1.77. The van der Waals surface area contributed by atoms with Crippen LogP contribution in [0.15, 0.2) is 70.0 Å². The SMILES string of the molecule is CSc1ccc(NC(=O)c2ccc(-c3ccccc3Cl)o2)cc1. The first-order valence-electron chi connectivity index (χ1n) is 6.97. The number of hydrogen-bond acceptors (Lipinski definition) is 3. The van der Waals surface area contributed by atoms with Crippen LogP contribution in [-0.2, 0) is 0 Å². The number of furan rings is 1. The highest BCUT2D eigenvalue weighted by molar-refractivity contribution is 7.98. The lowest BCUT2D eigenvalue weighted by Crippen LogP contribution is -2.10. The molecule has 3 aromatic rings. The summed E-state index contributed by atoms with van der Waals surface area (Å²) in [7, 11) is 0. The first-order valence-corrected chi connectivity index (χ1v) is 8.58. The Hall–Kier alpha value is -2.17. The summed E-state index contributed by atoms with van der Waals surface area (Å²) in [6, 6.07) is 18.4. The lowest BCUT2D eigenvalue weighted by Gasteiger charge is -2.04. The number of thioether (sulfide) groups is 1. The van der Waals surface area contributed by atoms with E-state index >= 15 is 0 Å². The van der Waals surface area contributed by atoms with Crippen molar-refractivity contribution in [2.45, 2.75) is 4.90 Å². The van der Waals surface area contributed by atoms with Crippen LogP contribution in [0.2, 0.25) is 5.02 Å². The van der Waals surface area contributed by atoms with Gasteiger partial charge in [-0.3, -0.25) is 4.79 Å². The minimum atomic E-state index is -0.291. The van der Waals surface area contributed by atoms with Crippen molar-refractivity contribution in [3.8, 4) is 11.3 Å². The van der Waals surface area contributed by atoms with E-state index in [-0.39, 0.29) is 11.7 Å². The molecule has 116 valence electrons. The smallest absolute Gasteiger partial charge is 0.291 e. The molecule has 3 rings (SSSR count). The molecule has 1 amide bonds. The summed E-state index contributed by atoms with van der Waals surface area (Å²) in [5.74, 6) is 0.521. The summed E-state index contributed by atoms with van der Waals surface area (Å²) in [5, 5.41) is 3.40. The van der Waals surface area contributed by atoms with E-state index in [1.54, 1.807) is 30.0 Å². The topological polar surface area (TPSA) is 42.2 Å². The molecule has 0 aliphatic rings. The van der Waals surface area contributed by atoms with Gasteiger partial charge < -0.3 is 9.73 Å². The molecule has 0 aliphatic heterocycles. The van der Waals surface area contributed by atoms with E-state index in [2.05, 4.69) is 5.32 Å². The Morgan fingerprint density at radius 1 is 1.04 bits per heavy atom. The number of anilines is 1. The van der Waals surface area contributed by atoms with Crippen LogP contribution < -0.4 is 5.32 Å². The molecule has 0 bridgehead atoms. The molecule has 3 nitrogen and oxygen atoms in total.